The van der Waals surface area contributed by atoms with Crippen LogP contribution in [0.1, 0.15) is 22.3 Å². The summed E-state index contributed by atoms with van der Waals surface area (Å²) >= 11 is 0. The Morgan fingerprint density at radius 2 is 0.554 bits per heavy atom. The smallest absolute Gasteiger partial charge is 0.0634 e. The van der Waals surface area contributed by atoms with Crippen molar-refractivity contribution >= 4 is 110 Å². The summed E-state index contributed by atoms with van der Waals surface area (Å²) in [5, 5.41) is 9.93. The van der Waals surface area contributed by atoms with Gasteiger partial charge in [-0.25, -0.2) is 0 Å². The first-order chi connectivity index (χ1) is 36.4. The van der Waals surface area contributed by atoms with Gasteiger partial charge < -0.3 is 18.6 Å². The fraction of sp³-hybridized carbons (Fsp3) is 0.0571. The zero-order valence-corrected chi connectivity index (χ0v) is 41.7. The Morgan fingerprint density at radius 3 is 0.878 bits per heavy atom. The van der Waals surface area contributed by atoms with E-state index in [1.807, 2.05) is 0 Å². The maximum absolute atomic E-state index is 2.63. The lowest BCUT2D eigenvalue weighted by Crippen LogP contribution is -2.10. The van der Waals surface area contributed by atoms with E-state index in [4.69, 9.17) is 0 Å². The minimum Gasteiger partial charge on any atom is -0.310 e. The van der Waals surface area contributed by atoms with Crippen molar-refractivity contribution in [1.82, 2.24) is 8.80 Å². The summed E-state index contributed by atoms with van der Waals surface area (Å²) in [6.45, 7) is 8.64. The van der Waals surface area contributed by atoms with Crippen LogP contribution in [0.3, 0.4) is 0 Å². The predicted octanol–water partition coefficient (Wildman–Crippen LogP) is 19.5. The van der Waals surface area contributed by atoms with Crippen LogP contribution in [0.5, 0.6) is 0 Å². The summed E-state index contributed by atoms with van der Waals surface area (Å²) in [5.74, 6) is 0. The number of fused-ring (bicyclic) bond motifs is 12. The number of hydrogen-bond acceptors (Lipinski definition) is 2. The highest BCUT2D eigenvalue weighted by Gasteiger charge is 2.32. The molecule has 0 N–H and O–H groups in total. The lowest BCUT2D eigenvalue weighted by Gasteiger charge is -2.27. The molecular formula is C70H50N4. The fourth-order valence-electron chi connectivity index (χ4n) is 12.5. The van der Waals surface area contributed by atoms with Crippen LogP contribution in [0.2, 0.25) is 0 Å². The Bertz CT molecular complexity index is 4250. The van der Waals surface area contributed by atoms with Gasteiger partial charge in [0.25, 0.3) is 0 Å². The Labute approximate surface area is 429 Å². The molecule has 15 aromatic rings. The number of aromatic nitrogens is 2. The van der Waals surface area contributed by atoms with E-state index in [9.17, 15) is 0 Å². The maximum atomic E-state index is 2.63. The Kier molecular flexibility index (Phi) is 9.19. The van der Waals surface area contributed by atoms with Crippen LogP contribution in [0, 0.1) is 27.7 Å². The highest BCUT2D eigenvalue weighted by atomic mass is 15.2. The van der Waals surface area contributed by atoms with E-state index in [1.54, 1.807) is 0 Å². The normalized spacial score (nSPS) is 12.1. The van der Waals surface area contributed by atoms with Crippen molar-refractivity contribution in [3.8, 4) is 22.3 Å². The second-order valence-electron chi connectivity index (χ2n) is 20.4. The van der Waals surface area contributed by atoms with Crippen molar-refractivity contribution in [2.24, 2.45) is 0 Å². The summed E-state index contributed by atoms with van der Waals surface area (Å²) in [7, 11) is 0. The summed E-state index contributed by atoms with van der Waals surface area (Å²) in [6, 6.07) is 86.0. The number of rotatable bonds is 8. The Balaban J connectivity index is 1.13. The van der Waals surface area contributed by atoms with Crippen molar-refractivity contribution in [2.75, 3.05) is 9.80 Å². The average molecular weight is 947 g/mol. The van der Waals surface area contributed by atoms with Gasteiger partial charge in [0, 0.05) is 77.0 Å². The third kappa shape index (κ3) is 6.03. The zero-order valence-electron chi connectivity index (χ0n) is 41.7. The first kappa shape index (κ1) is 42.3. The number of anilines is 6. The van der Waals surface area contributed by atoms with Crippen molar-refractivity contribution < 1.29 is 0 Å². The molecule has 74 heavy (non-hydrogen) atoms. The lowest BCUT2D eigenvalue weighted by atomic mass is 9.89. The van der Waals surface area contributed by atoms with Gasteiger partial charge in [0.1, 0.15) is 0 Å². The van der Waals surface area contributed by atoms with Gasteiger partial charge >= 0.3 is 0 Å². The first-order valence-corrected chi connectivity index (χ1v) is 25.8. The first-order valence-electron chi connectivity index (χ1n) is 25.8. The standard InChI is InChI=1S/C70H50N4/c1-43-27-35-49(36-28-43)71(50-37-29-44(2)30-38-50)57-23-13-25-59-63(57)53-19-11-21-55-65-62(48-17-9-6-10-18-48)70-66(61(47-15-7-5-8-16-47)69(65)73(59)67(53)55)56-22-12-20-54-64-58(24-14-26-60(64)74(70)68(54)56)72(51-39-31-45(3)32-40-51)52-41-33-46(4)34-42-52/h5-42H,1-4H3. The molecule has 4 aromatic heterocycles. The van der Waals surface area contributed by atoms with E-state index in [0.29, 0.717) is 0 Å². The molecule has 4 heterocycles. The number of hydrogen-bond donors (Lipinski definition) is 0. The molecular weight excluding hydrogens is 897 g/mol. The molecule has 0 atom stereocenters. The van der Waals surface area contributed by atoms with E-state index in [1.165, 1.54) is 121 Å². The third-order valence-electron chi connectivity index (χ3n) is 15.8. The molecule has 0 unspecified atom stereocenters. The molecule has 0 amide bonds. The van der Waals surface area contributed by atoms with E-state index >= 15 is 0 Å². The Hall–Kier alpha value is -9.38. The quantitative estimate of drug-likeness (QED) is 0.151. The molecule has 350 valence electrons. The van der Waals surface area contributed by atoms with Crippen LogP contribution in [-0.4, -0.2) is 8.80 Å². The topological polar surface area (TPSA) is 15.3 Å². The molecule has 0 spiro atoms. The van der Waals surface area contributed by atoms with Crippen molar-refractivity contribution in [3.63, 3.8) is 0 Å². The molecule has 4 heteroatoms. The highest BCUT2D eigenvalue weighted by molar-refractivity contribution is 6.39. The molecule has 0 radical (unpaired) electrons. The number of para-hydroxylation sites is 2. The van der Waals surface area contributed by atoms with Gasteiger partial charge in [-0.05, 0) is 112 Å². The largest absolute Gasteiger partial charge is 0.310 e. The van der Waals surface area contributed by atoms with Gasteiger partial charge in [-0.3, -0.25) is 0 Å². The fourth-order valence-corrected chi connectivity index (χ4v) is 12.5. The molecule has 0 aliphatic carbocycles. The van der Waals surface area contributed by atoms with Crippen LogP contribution in [-0.2, 0) is 0 Å². The number of benzene rings is 11. The molecule has 0 saturated heterocycles. The molecule has 0 saturated carbocycles. The minimum absolute atomic E-state index is 1.13. The van der Waals surface area contributed by atoms with Crippen LogP contribution in [0.4, 0.5) is 34.1 Å². The third-order valence-corrected chi connectivity index (χ3v) is 15.8. The summed E-state index contributed by atoms with van der Waals surface area (Å²) < 4.78 is 5.25. The summed E-state index contributed by atoms with van der Waals surface area (Å²) in [6.07, 6.45) is 0. The molecule has 0 bridgehead atoms. The monoisotopic (exact) mass is 946 g/mol. The van der Waals surface area contributed by atoms with Crippen LogP contribution < -0.4 is 9.80 Å². The van der Waals surface area contributed by atoms with E-state index < -0.39 is 0 Å². The van der Waals surface area contributed by atoms with Crippen molar-refractivity contribution in [1.29, 1.82) is 0 Å². The van der Waals surface area contributed by atoms with E-state index in [-0.39, 0.29) is 0 Å². The van der Waals surface area contributed by atoms with Gasteiger partial charge in [-0.15, -0.1) is 0 Å². The van der Waals surface area contributed by atoms with Crippen LogP contribution >= 0.6 is 0 Å². The number of aryl methyl sites for hydroxylation is 4. The summed E-state index contributed by atoms with van der Waals surface area (Å²) in [4.78, 5) is 4.89. The highest BCUT2D eigenvalue weighted by Crippen LogP contribution is 2.56. The van der Waals surface area contributed by atoms with Crippen molar-refractivity contribution in [2.45, 2.75) is 27.7 Å². The SMILES string of the molecule is Cc1ccc(N(c2ccc(C)cc2)c2cccc3c2c2cccc4c5c(-c6ccccc6)c6c(c(-c7ccccc7)c5n3c24)c2cccc3c4c(N(c5ccc(C)cc5)c5ccc(C)cc5)cccc4n6c32)cc1. The van der Waals surface area contributed by atoms with Gasteiger partial charge in [0.15, 0.2) is 0 Å². The minimum atomic E-state index is 1.13. The molecule has 4 nitrogen and oxygen atoms in total. The summed E-state index contributed by atoms with van der Waals surface area (Å²) in [5.41, 5.74) is 23.9. The van der Waals surface area contributed by atoms with E-state index in [2.05, 4.69) is 277 Å². The van der Waals surface area contributed by atoms with Gasteiger partial charge in [-0.2, -0.15) is 0 Å². The Morgan fingerprint density at radius 1 is 0.257 bits per heavy atom. The van der Waals surface area contributed by atoms with Crippen LogP contribution in [0.25, 0.3) is 98.4 Å². The molecule has 0 fully saturated rings. The second kappa shape index (κ2) is 16.1. The average Bonchev–Trinajstić information content (AvgIpc) is 4.21. The van der Waals surface area contributed by atoms with Crippen molar-refractivity contribution in [3.05, 3.63) is 253 Å². The molecule has 11 aromatic carbocycles. The molecule has 0 aliphatic heterocycles. The number of nitrogens with zero attached hydrogens (tertiary/aromatic N) is 4. The molecule has 15 rings (SSSR count). The zero-order chi connectivity index (χ0) is 49.3. The van der Waals surface area contributed by atoms with Crippen LogP contribution in [0.15, 0.2) is 231 Å². The van der Waals surface area contributed by atoms with Gasteiger partial charge in [0.2, 0.25) is 0 Å². The van der Waals surface area contributed by atoms with Gasteiger partial charge in [0.05, 0.1) is 44.5 Å². The van der Waals surface area contributed by atoms with Gasteiger partial charge in [-0.1, -0.05) is 180 Å². The van der Waals surface area contributed by atoms with E-state index in [0.717, 1.165) is 34.1 Å². The predicted molar refractivity (Wildman–Crippen MR) is 315 cm³/mol. The maximum Gasteiger partial charge on any atom is 0.0634 e. The second-order valence-corrected chi connectivity index (χ2v) is 20.4. The molecule has 0 aliphatic rings. The lowest BCUT2D eigenvalue weighted by molar-refractivity contribution is 1.28.